The molecule has 1 amide bonds. The molecule has 0 aromatic heterocycles. The summed E-state index contributed by atoms with van der Waals surface area (Å²) < 4.78 is 0. The highest BCUT2D eigenvalue weighted by molar-refractivity contribution is 8.25. The number of nitrogens with zero attached hydrogens (tertiary/aromatic N) is 2. The van der Waals surface area contributed by atoms with Gasteiger partial charge in [-0.05, 0) is 0 Å². The number of aliphatic imine (C=N–C) groups is 2. The Balaban J connectivity index is 2.45. The Morgan fingerprint density at radius 3 is 2.75 bits per heavy atom. The molecule has 7 nitrogen and oxygen atoms in total. The van der Waals surface area contributed by atoms with Gasteiger partial charge in [-0.15, -0.1) is 0 Å². The maximum absolute atomic E-state index is 11.1. The summed E-state index contributed by atoms with van der Waals surface area (Å²) in [5.74, 6) is -2.44. The molecule has 8 heteroatoms. The molecule has 0 aliphatic carbocycles. The smallest absolute Gasteiger partial charge is 0.532 e. The van der Waals surface area contributed by atoms with E-state index in [-0.39, 0.29) is 16.6 Å². The second kappa shape index (κ2) is 3.56. The normalized spacial score (nSPS) is 23.1. The zero-order valence-corrected chi connectivity index (χ0v) is 8.48. The quantitative estimate of drug-likeness (QED) is 0.548. The fourth-order valence-corrected chi connectivity index (χ4v) is 2.57. The molecule has 0 bridgehead atoms. The third-order valence-electron chi connectivity index (χ3n) is 1.95. The Bertz CT molecular complexity index is 505. The highest BCUT2D eigenvalue weighted by atomic mass is 32.2. The van der Waals surface area contributed by atoms with Crippen LogP contribution in [0, 0.1) is 0 Å². The van der Waals surface area contributed by atoms with Crippen molar-refractivity contribution < 1.29 is 24.6 Å². The van der Waals surface area contributed by atoms with Gasteiger partial charge in [0.05, 0.1) is 5.97 Å². The third-order valence-corrected chi connectivity index (χ3v) is 3.51. The van der Waals surface area contributed by atoms with Crippen LogP contribution in [0.2, 0.25) is 0 Å². The van der Waals surface area contributed by atoms with E-state index in [4.69, 9.17) is 5.11 Å². The van der Waals surface area contributed by atoms with E-state index in [2.05, 4.69) is 9.98 Å². The highest BCUT2D eigenvalue weighted by Gasteiger charge is 2.47. The molecule has 0 saturated heterocycles. The largest absolute Gasteiger partial charge is 0.545 e. The van der Waals surface area contributed by atoms with Gasteiger partial charge in [0.2, 0.25) is 5.88 Å². The number of amides is 1. The second-order valence-corrected chi connectivity index (χ2v) is 4.67. The maximum Gasteiger partial charge on any atom is 0.532 e. The molecule has 1 atom stereocenters. The van der Waals surface area contributed by atoms with Crippen LogP contribution in [0.5, 0.6) is 0 Å². The zero-order valence-electron chi connectivity index (χ0n) is 7.67. The number of hydrogen-bond acceptors (Lipinski definition) is 5. The number of rotatable bonds is 1. The van der Waals surface area contributed by atoms with Gasteiger partial charge >= 0.3 is 5.30 Å². The molecular formula is C8H4N2O5S. The highest BCUT2D eigenvalue weighted by Crippen LogP contribution is 2.20. The molecule has 2 rings (SSSR count). The van der Waals surface area contributed by atoms with Gasteiger partial charge in [-0.3, -0.25) is 4.79 Å². The summed E-state index contributed by atoms with van der Waals surface area (Å²) in [4.78, 5) is 39.9. The molecule has 0 aromatic rings. The summed E-state index contributed by atoms with van der Waals surface area (Å²) >= 11 is 0. The molecule has 0 fully saturated rings. The van der Waals surface area contributed by atoms with Crippen molar-refractivity contribution in [2.75, 3.05) is 5.88 Å². The standard InChI is InChI=1S/C8H4N2O5S/c11-4-1-3(7(12)13)5-6(10-4)16(2-9-5)8(14)15/h1H,2H2,(H-,12,13,14,15). The predicted octanol–water partition coefficient (Wildman–Crippen LogP) is -1.69. The zero-order chi connectivity index (χ0) is 11.9. The summed E-state index contributed by atoms with van der Waals surface area (Å²) in [5.41, 5.74) is -0.448. The topological polar surface area (TPSA) is 119 Å². The van der Waals surface area contributed by atoms with Crippen LogP contribution < -0.4 is 5.11 Å². The average molecular weight is 240 g/mol. The molecule has 2 heterocycles. The molecule has 1 unspecified atom stereocenters. The first-order valence-electron chi connectivity index (χ1n) is 4.05. The molecule has 0 spiro atoms. The number of carboxylic acid groups (broad SMARTS) is 2. The van der Waals surface area contributed by atoms with Crippen LogP contribution >= 0.6 is 0 Å². The minimum Gasteiger partial charge on any atom is -0.545 e. The van der Waals surface area contributed by atoms with E-state index in [0.29, 0.717) is 0 Å². The van der Waals surface area contributed by atoms with Crippen LogP contribution in [0.25, 0.3) is 0 Å². The van der Waals surface area contributed by atoms with Gasteiger partial charge in [0.25, 0.3) is 11.0 Å². The van der Waals surface area contributed by atoms with E-state index >= 15 is 0 Å². The summed E-state index contributed by atoms with van der Waals surface area (Å²) in [5, 5.41) is 18.3. The lowest BCUT2D eigenvalue weighted by Crippen LogP contribution is -2.36. The Morgan fingerprint density at radius 2 is 2.19 bits per heavy atom. The Labute approximate surface area is 91.5 Å². The first-order chi connectivity index (χ1) is 7.50. The van der Waals surface area contributed by atoms with E-state index in [9.17, 15) is 19.5 Å². The fraction of sp³-hybridized carbons (Fsp3) is 0.125. The van der Waals surface area contributed by atoms with Gasteiger partial charge in [-0.2, -0.15) is 9.79 Å². The molecular weight excluding hydrogens is 236 g/mol. The molecule has 0 saturated carbocycles. The number of hydrogen-bond donors (Lipinski definition) is 1. The summed E-state index contributed by atoms with van der Waals surface area (Å²) in [6.45, 7) is 0. The van der Waals surface area contributed by atoms with Gasteiger partial charge in [0.15, 0.2) is 10.9 Å². The Kier molecular flexibility index (Phi) is 2.35. The van der Waals surface area contributed by atoms with E-state index < -0.39 is 33.6 Å². The minimum absolute atomic E-state index is 0.0506. The van der Waals surface area contributed by atoms with Crippen LogP contribution in [-0.4, -0.2) is 38.9 Å². The first-order valence-corrected chi connectivity index (χ1v) is 5.45. The van der Waals surface area contributed by atoms with Crippen LogP contribution in [0.3, 0.4) is 0 Å². The molecule has 16 heavy (non-hydrogen) atoms. The van der Waals surface area contributed by atoms with Crippen molar-refractivity contribution in [1.29, 1.82) is 0 Å². The number of carbonyl (C=O) groups excluding carboxylic acids is 2. The lowest BCUT2D eigenvalue weighted by Gasteiger charge is -2.09. The van der Waals surface area contributed by atoms with Gasteiger partial charge < -0.3 is 15.0 Å². The first kappa shape index (κ1) is 10.6. The van der Waals surface area contributed by atoms with E-state index in [1.54, 1.807) is 0 Å². The predicted molar refractivity (Wildman–Crippen MR) is 53.2 cm³/mol. The van der Waals surface area contributed by atoms with Crippen LogP contribution in [-0.2, 0) is 20.5 Å². The molecule has 82 valence electrons. The minimum atomic E-state index is -1.56. The Morgan fingerprint density at radius 1 is 1.50 bits per heavy atom. The van der Waals surface area contributed by atoms with Crippen LogP contribution in [0.1, 0.15) is 0 Å². The molecule has 1 N–H and O–H groups in total. The van der Waals surface area contributed by atoms with Crippen molar-refractivity contribution >= 4 is 38.8 Å². The molecule has 0 aromatic carbocycles. The van der Waals surface area contributed by atoms with E-state index in [0.717, 1.165) is 6.08 Å². The van der Waals surface area contributed by atoms with E-state index in [1.165, 1.54) is 0 Å². The van der Waals surface area contributed by atoms with Gasteiger partial charge in [-0.1, -0.05) is 0 Å². The van der Waals surface area contributed by atoms with Crippen molar-refractivity contribution in [3.05, 3.63) is 11.6 Å². The fourth-order valence-electron chi connectivity index (χ4n) is 1.30. The van der Waals surface area contributed by atoms with Gasteiger partial charge in [0, 0.05) is 11.6 Å². The summed E-state index contributed by atoms with van der Waals surface area (Å²) in [6.07, 6.45) is 0.784. The lowest BCUT2D eigenvalue weighted by atomic mass is 10.1. The SMILES string of the molecule is O=C1C=C(C(=O)[O-])C2=NC[S+](C(=O)O)C2=N1. The average Bonchev–Trinajstić information content (AvgIpc) is 2.59. The molecule has 2 aliphatic heterocycles. The number of carboxylic acids is 1. The van der Waals surface area contributed by atoms with Crippen LogP contribution in [0.15, 0.2) is 21.6 Å². The third kappa shape index (κ3) is 1.52. The van der Waals surface area contributed by atoms with Crippen molar-refractivity contribution in [2.24, 2.45) is 9.98 Å². The number of aliphatic carboxylic acids is 1. The maximum atomic E-state index is 11.1. The Hall–Kier alpha value is -1.96. The van der Waals surface area contributed by atoms with E-state index in [1.807, 2.05) is 0 Å². The lowest BCUT2D eigenvalue weighted by molar-refractivity contribution is -0.298. The van der Waals surface area contributed by atoms with Gasteiger partial charge in [-0.25, -0.2) is 4.99 Å². The van der Waals surface area contributed by atoms with Crippen molar-refractivity contribution in [2.45, 2.75) is 0 Å². The molecule has 2 aliphatic rings. The summed E-state index contributed by atoms with van der Waals surface area (Å²) in [6, 6.07) is 0. The van der Waals surface area contributed by atoms with Crippen LogP contribution in [0.4, 0.5) is 4.79 Å². The van der Waals surface area contributed by atoms with Crippen molar-refractivity contribution in [3.8, 4) is 0 Å². The monoisotopic (exact) mass is 240 g/mol. The van der Waals surface area contributed by atoms with Crippen molar-refractivity contribution in [1.82, 2.24) is 0 Å². The second-order valence-electron chi connectivity index (χ2n) is 2.89. The number of dihydropyridines is 1. The van der Waals surface area contributed by atoms with Gasteiger partial charge in [0.1, 0.15) is 5.71 Å². The summed E-state index contributed by atoms with van der Waals surface area (Å²) in [7, 11) is -1.34. The number of carbonyl (C=O) groups is 3. The number of fused-ring (bicyclic) bond motifs is 1. The molecule has 0 radical (unpaired) electrons. The van der Waals surface area contributed by atoms with Crippen molar-refractivity contribution in [3.63, 3.8) is 0 Å².